The summed E-state index contributed by atoms with van der Waals surface area (Å²) < 4.78 is 0.802. The molecule has 31 heavy (non-hydrogen) atoms. The number of fused-ring (bicyclic) bond motifs is 1. The minimum absolute atomic E-state index is 0.0728. The lowest BCUT2D eigenvalue weighted by atomic mass is 10.2. The highest BCUT2D eigenvalue weighted by Gasteiger charge is 2.08. The van der Waals surface area contributed by atoms with E-state index in [-0.39, 0.29) is 11.7 Å². The van der Waals surface area contributed by atoms with Gasteiger partial charge in [0.2, 0.25) is 5.91 Å². The quantitative estimate of drug-likeness (QED) is 0.268. The number of nitrogens with one attached hydrogen (secondary N) is 2. The maximum absolute atomic E-state index is 11.4. The lowest BCUT2D eigenvalue weighted by molar-refractivity contribution is -0.111. The van der Waals surface area contributed by atoms with E-state index in [1.54, 1.807) is 12.3 Å². The molecule has 0 aliphatic heterocycles. The van der Waals surface area contributed by atoms with E-state index in [1.807, 2.05) is 30.3 Å². The van der Waals surface area contributed by atoms with Crippen LogP contribution in [0.25, 0.3) is 20.7 Å². The number of hydrogen-bond donors (Lipinski definition) is 4. The van der Waals surface area contributed by atoms with Gasteiger partial charge in [-0.05, 0) is 35.9 Å². The molecule has 154 valence electrons. The molecule has 1 amide bonds. The Kier molecular flexibility index (Phi) is 5.84. The summed E-state index contributed by atoms with van der Waals surface area (Å²) in [6, 6.07) is 11.3. The van der Waals surface area contributed by atoms with E-state index in [0.29, 0.717) is 27.9 Å². The van der Waals surface area contributed by atoms with Crippen LogP contribution in [0.15, 0.2) is 55.3 Å². The molecule has 0 unspecified atom stereocenters. The van der Waals surface area contributed by atoms with Gasteiger partial charge in [0.25, 0.3) is 0 Å². The minimum atomic E-state index is -0.291. The van der Waals surface area contributed by atoms with Gasteiger partial charge >= 0.3 is 0 Å². The second-order valence-electron chi connectivity index (χ2n) is 6.35. The smallest absolute Gasteiger partial charge is 0.249 e. The SMILES string of the molecule is C=CC(=O)Nc1ncc(-c2cccc(NCC#Cc3cc(O)c4nc(N)sc4c3)c2)s1. The fourth-order valence-electron chi connectivity index (χ4n) is 2.80. The molecule has 0 fully saturated rings. The number of carbonyl (C=O) groups excluding carboxylic acids is 1. The summed E-state index contributed by atoms with van der Waals surface area (Å²) in [5.74, 6) is 5.88. The minimum Gasteiger partial charge on any atom is -0.506 e. The van der Waals surface area contributed by atoms with Gasteiger partial charge in [-0.15, -0.1) is 0 Å². The molecule has 4 rings (SSSR count). The molecule has 0 spiro atoms. The third-order valence-electron chi connectivity index (χ3n) is 4.17. The molecule has 0 bridgehead atoms. The molecule has 9 heteroatoms. The van der Waals surface area contributed by atoms with Crippen LogP contribution >= 0.6 is 22.7 Å². The number of amides is 1. The summed E-state index contributed by atoms with van der Waals surface area (Å²) in [4.78, 5) is 20.7. The Hall–Kier alpha value is -3.87. The molecular weight excluding hydrogens is 430 g/mol. The third-order valence-corrected chi connectivity index (χ3v) is 5.97. The molecule has 2 aromatic carbocycles. The van der Waals surface area contributed by atoms with E-state index in [1.165, 1.54) is 28.7 Å². The van der Waals surface area contributed by atoms with Crippen molar-refractivity contribution in [3.63, 3.8) is 0 Å². The Morgan fingerprint density at radius 2 is 2.16 bits per heavy atom. The first-order valence-corrected chi connectivity index (χ1v) is 10.8. The van der Waals surface area contributed by atoms with E-state index < -0.39 is 0 Å². The van der Waals surface area contributed by atoms with E-state index in [2.05, 4.69) is 39.0 Å². The molecule has 0 saturated heterocycles. The van der Waals surface area contributed by atoms with Crippen LogP contribution in [0.3, 0.4) is 0 Å². The van der Waals surface area contributed by atoms with Gasteiger partial charge in [-0.2, -0.15) is 0 Å². The second kappa shape index (κ2) is 8.87. The Labute approximate surface area is 186 Å². The molecule has 2 aromatic heterocycles. The molecule has 0 aliphatic rings. The number of phenolic OH excluding ortho intramolecular Hbond substituents is 1. The number of benzene rings is 2. The number of rotatable bonds is 5. The molecule has 2 heterocycles. The van der Waals surface area contributed by atoms with E-state index in [9.17, 15) is 9.90 Å². The summed E-state index contributed by atoms with van der Waals surface area (Å²) in [6.45, 7) is 3.86. The van der Waals surface area contributed by atoms with Crippen molar-refractivity contribution >= 4 is 54.7 Å². The fourth-order valence-corrected chi connectivity index (χ4v) is 4.41. The summed E-state index contributed by atoms with van der Waals surface area (Å²) in [7, 11) is 0. The topological polar surface area (TPSA) is 113 Å². The largest absolute Gasteiger partial charge is 0.506 e. The first-order valence-electron chi connectivity index (χ1n) is 9.13. The van der Waals surface area contributed by atoms with Gasteiger partial charge < -0.3 is 16.2 Å². The van der Waals surface area contributed by atoms with Crippen LogP contribution < -0.4 is 16.4 Å². The van der Waals surface area contributed by atoms with Crippen molar-refractivity contribution in [1.29, 1.82) is 0 Å². The first-order chi connectivity index (χ1) is 15.0. The molecular formula is C22H17N5O2S2. The molecule has 0 saturated carbocycles. The molecule has 0 aliphatic carbocycles. The molecule has 0 radical (unpaired) electrons. The number of nitrogens with two attached hydrogens (primary N) is 1. The van der Waals surface area contributed by atoms with Gasteiger partial charge in [-0.1, -0.05) is 53.2 Å². The Balaban J connectivity index is 1.43. The summed E-state index contributed by atoms with van der Waals surface area (Å²) in [6.07, 6.45) is 2.93. The number of nitrogens with zero attached hydrogens (tertiary/aromatic N) is 2. The van der Waals surface area contributed by atoms with Crippen molar-refractivity contribution in [2.75, 3.05) is 22.9 Å². The number of aromatic nitrogens is 2. The number of nitrogen functional groups attached to an aromatic ring is 1. The first kappa shape index (κ1) is 20.4. The number of hydrogen-bond acceptors (Lipinski definition) is 8. The fraction of sp³-hybridized carbons (Fsp3) is 0.0455. The number of phenols is 1. The van der Waals surface area contributed by atoms with Gasteiger partial charge in [-0.3, -0.25) is 10.1 Å². The number of carbonyl (C=O) groups is 1. The average Bonchev–Trinajstić information content (AvgIpc) is 3.37. The predicted molar refractivity (Wildman–Crippen MR) is 127 cm³/mol. The Bertz CT molecular complexity index is 1350. The van der Waals surface area contributed by atoms with Gasteiger partial charge in [0.15, 0.2) is 10.3 Å². The third kappa shape index (κ3) is 4.83. The molecule has 0 atom stereocenters. The summed E-state index contributed by atoms with van der Waals surface area (Å²) >= 11 is 2.70. The Morgan fingerprint density at radius 1 is 1.29 bits per heavy atom. The van der Waals surface area contributed by atoms with Crippen LogP contribution in [0.2, 0.25) is 0 Å². The van der Waals surface area contributed by atoms with Crippen molar-refractivity contribution in [2.45, 2.75) is 0 Å². The molecule has 5 N–H and O–H groups in total. The van der Waals surface area contributed by atoms with Crippen LogP contribution in [0.5, 0.6) is 5.75 Å². The van der Waals surface area contributed by atoms with Crippen LogP contribution in [-0.4, -0.2) is 27.5 Å². The van der Waals surface area contributed by atoms with Gasteiger partial charge in [0, 0.05) is 17.4 Å². The normalized spacial score (nSPS) is 10.3. The zero-order chi connectivity index (χ0) is 21.8. The van der Waals surface area contributed by atoms with E-state index >= 15 is 0 Å². The van der Waals surface area contributed by atoms with E-state index in [4.69, 9.17) is 5.73 Å². The predicted octanol–water partition coefficient (Wildman–Crippen LogP) is 4.30. The highest BCUT2D eigenvalue weighted by molar-refractivity contribution is 7.22. The molecule has 7 nitrogen and oxygen atoms in total. The monoisotopic (exact) mass is 447 g/mol. The lowest BCUT2D eigenvalue weighted by Crippen LogP contribution is -2.06. The standard InChI is InChI=1S/C22H17N5O2S2/c1-2-19(29)26-22-25-12-18(31-22)14-6-3-7-15(11-14)24-8-4-5-13-9-16(28)20-17(10-13)30-21(23)27-20/h2-3,6-7,9-12,24,28H,1,8H2,(H2,23,27)(H,25,26,29). The average molecular weight is 448 g/mol. The maximum Gasteiger partial charge on any atom is 0.249 e. The maximum atomic E-state index is 11.4. The van der Waals surface area contributed by atoms with Crippen LogP contribution in [0, 0.1) is 11.8 Å². The van der Waals surface area contributed by atoms with Crippen molar-refractivity contribution < 1.29 is 9.90 Å². The van der Waals surface area contributed by atoms with Crippen LogP contribution in [0.4, 0.5) is 16.0 Å². The van der Waals surface area contributed by atoms with Crippen molar-refractivity contribution in [3.8, 4) is 28.0 Å². The highest BCUT2D eigenvalue weighted by atomic mass is 32.1. The van der Waals surface area contributed by atoms with Crippen molar-refractivity contribution in [2.24, 2.45) is 0 Å². The number of anilines is 3. The summed E-state index contributed by atoms with van der Waals surface area (Å²) in [5, 5.41) is 16.9. The Morgan fingerprint density at radius 3 is 3.00 bits per heavy atom. The summed E-state index contributed by atoms with van der Waals surface area (Å²) in [5.41, 5.74) is 8.79. The van der Waals surface area contributed by atoms with Crippen LogP contribution in [-0.2, 0) is 4.79 Å². The highest BCUT2D eigenvalue weighted by Crippen LogP contribution is 2.32. The zero-order valence-corrected chi connectivity index (χ0v) is 17.8. The van der Waals surface area contributed by atoms with Crippen LogP contribution in [0.1, 0.15) is 5.56 Å². The number of aromatic hydroxyl groups is 1. The number of thiazole rings is 2. The van der Waals surface area contributed by atoms with Crippen molar-refractivity contribution in [1.82, 2.24) is 9.97 Å². The zero-order valence-electron chi connectivity index (χ0n) is 16.2. The lowest BCUT2D eigenvalue weighted by Gasteiger charge is -2.04. The van der Waals surface area contributed by atoms with Gasteiger partial charge in [0.05, 0.1) is 16.1 Å². The van der Waals surface area contributed by atoms with Gasteiger partial charge in [0.1, 0.15) is 11.3 Å². The second-order valence-corrected chi connectivity index (χ2v) is 8.45. The van der Waals surface area contributed by atoms with Gasteiger partial charge in [-0.25, -0.2) is 9.97 Å². The van der Waals surface area contributed by atoms with E-state index in [0.717, 1.165) is 20.8 Å². The van der Waals surface area contributed by atoms with Crippen molar-refractivity contribution in [3.05, 3.63) is 60.8 Å². The molecule has 4 aromatic rings.